The van der Waals surface area contributed by atoms with Gasteiger partial charge in [-0.2, -0.15) is 5.26 Å². The number of anilines is 1. The first kappa shape index (κ1) is 9.59. The summed E-state index contributed by atoms with van der Waals surface area (Å²) >= 11 is 0. The SMILES string of the molecule is N#CC1[C@H]2CN(c3ccc(F)c(F)c3)C[C@@H]12. The molecule has 0 bridgehead atoms. The Morgan fingerprint density at radius 1 is 1.19 bits per heavy atom. The summed E-state index contributed by atoms with van der Waals surface area (Å²) in [4.78, 5) is 2.02. The van der Waals surface area contributed by atoms with Gasteiger partial charge in [0.15, 0.2) is 11.6 Å². The number of fused-ring (bicyclic) bond motifs is 1. The van der Waals surface area contributed by atoms with E-state index in [4.69, 9.17) is 5.26 Å². The van der Waals surface area contributed by atoms with Gasteiger partial charge in [0.2, 0.25) is 0 Å². The fourth-order valence-electron chi connectivity index (χ4n) is 2.61. The van der Waals surface area contributed by atoms with Crippen LogP contribution in [0.25, 0.3) is 0 Å². The molecule has 2 aliphatic rings. The summed E-state index contributed by atoms with van der Waals surface area (Å²) in [7, 11) is 0. The molecule has 3 atom stereocenters. The van der Waals surface area contributed by atoms with Gasteiger partial charge in [-0.05, 0) is 24.0 Å². The monoisotopic (exact) mass is 220 g/mol. The fraction of sp³-hybridized carbons (Fsp3) is 0.417. The molecule has 82 valence electrons. The van der Waals surface area contributed by atoms with Crippen molar-refractivity contribution in [3.05, 3.63) is 29.8 Å². The highest BCUT2D eigenvalue weighted by Crippen LogP contribution is 2.52. The number of rotatable bonds is 1. The molecular formula is C12H10F2N2. The van der Waals surface area contributed by atoms with E-state index in [2.05, 4.69) is 6.07 Å². The molecule has 2 nitrogen and oxygen atoms in total. The molecule has 0 amide bonds. The third kappa shape index (κ3) is 1.28. The number of piperidine rings is 1. The minimum Gasteiger partial charge on any atom is -0.371 e. The largest absolute Gasteiger partial charge is 0.371 e. The van der Waals surface area contributed by atoms with Crippen molar-refractivity contribution in [2.75, 3.05) is 18.0 Å². The molecule has 0 spiro atoms. The highest BCUT2D eigenvalue weighted by molar-refractivity contribution is 5.49. The Balaban J connectivity index is 1.77. The molecule has 4 heteroatoms. The lowest BCUT2D eigenvalue weighted by atomic mass is 10.2. The standard InChI is InChI=1S/C12H10F2N2/c13-11-2-1-7(3-12(11)14)16-5-9-8(4-15)10(9)6-16/h1-3,8-10H,5-6H2/t8?,9-,10+. The van der Waals surface area contributed by atoms with E-state index in [0.29, 0.717) is 17.5 Å². The maximum absolute atomic E-state index is 13.0. The normalized spacial score (nSPS) is 31.1. The molecule has 1 unspecified atom stereocenters. The minimum atomic E-state index is -0.817. The lowest BCUT2D eigenvalue weighted by Gasteiger charge is -2.20. The van der Waals surface area contributed by atoms with Gasteiger partial charge in [0, 0.05) is 24.8 Å². The van der Waals surface area contributed by atoms with E-state index < -0.39 is 11.6 Å². The summed E-state index contributed by atoms with van der Waals surface area (Å²) in [6, 6.07) is 6.23. The molecule has 2 fully saturated rings. The van der Waals surface area contributed by atoms with Gasteiger partial charge in [-0.15, -0.1) is 0 Å². The first-order valence-electron chi connectivity index (χ1n) is 5.30. The first-order chi connectivity index (χ1) is 7.70. The molecule has 1 saturated heterocycles. The molecule has 1 aromatic carbocycles. The summed E-state index contributed by atoms with van der Waals surface area (Å²) in [5.41, 5.74) is 0.711. The van der Waals surface area contributed by atoms with Gasteiger partial charge in [-0.25, -0.2) is 8.78 Å². The van der Waals surface area contributed by atoms with Gasteiger partial charge >= 0.3 is 0 Å². The van der Waals surface area contributed by atoms with Crippen molar-refractivity contribution >= 4 is 5.69 Å². The van der Waals surface area contributed by atoms with E-state index in [9.17, 15) is 8.78 Å². The number of halogens is 2. The second-order valence-corrected chi connectivity index (χ2v) is 4.49. The Labute approximate surface area is 92.1 Å². The van der Waals surface area contributed by atoms with Crippen molar-refractivity contribution in [3.63, 3.8) is 0 Å². The number of hydrogen-bond donors (Lipinski definition) is 0. The number of nitrogens with zero attached hydrogens (tertiary/aromatic N) is 2. The van der Waals surface area contributed by atoms with Crippen molar-refractivity contribution < 1.29 is 8.78 Å². The summed E-state index contributed by atoms with van der Waals surface area (Å²) in [5, 5.41) is 8.77. The zero-order valence-corrected chi connectivity index (χ0v) is 8.53. The zero-order chi connectivity index (χ0) is 11.3. The van der Waals surface area contributed by atoms with Crippen molar-refractivity contribution in [2.45, 2.75) is 0 Å². The lowest BCUT2D eigenvalue weighted by molar-refractivity contribution is 0.508. The molecule has 3 rings (SSSR count). The molecule has 0 aromatic heterocycles. The van der Waals surface area contributed by atoms with Crippen LogP contribution in [0.1, 0.15) is 0 Å². The van der Waals surface area contributed by atoms with Gasteiger partial charge in [0.05, 0.1) is 12.0 Å². The van der Waals surface area contributed by atoms with E-state index in [1.54, 1.807) is 6.07 Å². The van der Waals surface area contributed by atoms with Crippen molar-refractivity contribution in [1.29, 1.82) is 5.26 Å². The summed E-state index contributed by atoms with van der Waals surface area (Å²) in [6.07, 6.45) is 0. The maximum atomic E-state index is 13.0. The third-order valence-electron chi connectivity index (χ3n) is 3.61. The van der Waals surface area contributed by atoms with E-state index in [-0.39, 0.29) is 5.92 Å². The Bertz CT molecular complexity index is 468. The van der Waals surface area contributed by atoms with Crippen LogP contribution in [0.5, 0.6) is 0 Å². The Morgan fingerprint density at radius 2 is 1.88 bits per heavy atom. The smallest absolute Gasteiger partial charge is 0.160 e. The van der Waals surface area contributed by atoms with Crippen LogP contribution in [0.4, 0.5) is 14.5 Å². The van der Waals surface area contributed by atoms with Crippen molar-refractivity contribution in [1.82, 2.24) is 0 Å². The molecule has 0 radical (unpaired) electrons. The highest BCUT2D eigenvalue weighted by Gasteiger charge is 2.56. The van der Waals surface area contributed by atoms with Crippen LogP contribution in [0.3, 0.4) is 0 Å². The van der Waals surface area contributed by atoms with E-state index in [1.165, 1.54) is 6.07 Å². The van der Waals surface area contributed by atoms with Crippen LogP contribution < -0.4 is 4.90 Å². The Kier molecular flexibility index (Phi) is 1.90. The molecule has 0 N–H and O–H groups in total. The molecule has 1 heterocycles. The van der Waals surface area contributed by atoms with Crippen LogP contribution in [-0.2, 0) is 0 Å². The average molecular weight is 220 g/mol. The van der Waals surface area contributed by atoms with Gasteiger partial charge in [-0.1, -0.05) is 0 Å². The predicted octanol–water partition coefficient (Wildman–Crippen LogP) is 2.17. The number of benzene rings is 1. The third-order valence-corrected chi connectivity index (χ3v) is 3.61. The quantitative estimate of drug-likeness (QED) is 0.725. The van der Waals surface area contributed by atoms with E-state index >= 15 is 0 Å². The van der Waals surface area contributed by atoms with Crippen LogP contribution in [-0.4, -0.2) is 13.1 Å². The summed E-state index contributed by atoms with van der Waals surface area (Å²) in [5.74, 6) is -0.587. The zero-order valence-electron chi connectivity index (χ0n) is 8.53. The number of hydrogen-bond acceptors (Lipinski definition) is 2. The van der Waals surface area contributed by atoms with E-state index in [0.717, 1.165) is 19.2 Å². The second kappa shape index (κ2) is 3.18. The van der Waals surface area contributed by atoms with Gasteiger partial charge in [0.25, 0.3) is 0 Å². The van der Waals surface area contributed by atoms with Crippen LogP contribution in [0, 0.1) is 40.7 Å². The summed E-state index contributed by atoms with van der Waals surface area (Å²) < 4.78 is 25.8. The van der Waals surface area contributed by atoms with Crippen molar-refractivity contribution in [2.24, 2.45) is 17.8 Å². The van der Waals surface area contributed by atoms with Gasteiger partial charge in [-0.3, -0.25) is 0 Å². The van der Waals surface area contributed by atoms with Gasteiger partial charge in [0.1, 0.15) is 0 Å². The van der Waals surface area contributed by atoms with Crippen LogP contribution in [0.2, 0.25) is 0 Å². The van der Waals surface area contributed by atoms with Crippen molar-refractivity contribution in [3.8, 4) is 6.07 Å². The fourth-order valence-corrected chi connectivity index (χ4v) is 2.61. The average Bonchev–Trinajstić information content (AvgIpc) is 2.74. The molecule has 16 heavy (non-hydrogen) atoms. The second-order valence-electron chi connectivity index (χ2n) is 4.49. The van der Waals surface area contributed by atoms with Gasteiger partial charge < -0.3 is 4.90 Å². The Hall–Kier alpha value is -1.63. The molecule has 1 aliphatic heterocycles. The molecule has 1 aromatic rings. The molecule has 1 saturated carbocycles. The van der Waals surface area contributed by atoms with Crippen LogP contribution >= 0.6 is 0 Å². The number of nitriles is 1. The highest BCUT2D eigenvalue weighted by atomic mass is 19.2. The first-order valence-corrected chi connectivity index (χ1v) is 5.30. The minimum absolute atomic E-state index is 0.182. The predicted molar refractivity (Wildman–Crippen MR) is 54.7 cm³/mol. The topological polar surface area (TPSA) is 27.0 Å². The van der Waals surface area contributed by atoms with E-state index in [1.807, 2.05) is 4.90 Å². The van der Waals surface area contributed by atoms with Crippen LogP contribution in [0.15, 0.2) is 18.2 Å². The lowest BCUT2D eigenvalue weighted by Crippen LogP contribution is -2.23. The summed E-state index contributed by atoms with van der Waals surface area (Å²) in [6.45, 7) is 1.57. The maximum Gasteiger partial charge on any atom is 0.160 e. The molecular weight excluding hydrogens is 210 g/mol. The Morgan fingerprint density at radius 3 is 2.44 bits per heavy atom. The molecule has 1 aliphatic carbocycles.